The number of hydrazine groups is 1. The first-order valence-corrected chi connectivity index (χ1v) is 11.7. The minimum Gasteiger partial charge on any atom is -0.489 e. The summed E-state index contributed by atoms with van der Waals surface area (Å²) in [6, 6.07) is 3.80. The van der Waals surface area contributed by atoms with Crippen LogP contribution >= 0.6 is 0 Å². The lowest BCUT2D eigenvalue weighted by molar-refractivity contribution is 0.153. The standard InChI is InChI=1S/C23H35N7O2/c1-15-20(31-17-10-4-3-5-11-17)13-12-18(27-15)21(24)19(29(2)26)14-30-23(25)32-22(28-30)16-8-6-7-9-16/h12-13,16-17,25H,3-11,14,24,26H2,1-2H3/b21-19-,25-23?. The molecule has 2 aliphatic carbocycles. The molecule has 0 bridgehead atoms. The van der Waals surface area contributed by atoms with Crippen LogP contribution in [-0.4, -0.2) is 32.9 Å². The Morgan fingerprint density at radius 3 is 2.53 bits per heavy atom. The van der Waals surface area contributed by atoms with Crippen molar-refractivity contribution in [2.75, 3.05) is 7.05 Å². The second kappa shape index (κ2) is 9.77. The molecule has 0 saturated heterocycles. The molecule has 0 unspecified atom stereocenters. The van der Waals surface area contributed by atoms with Crippen LogP contribution in [0.5, 0.6) is 5.75 Å². The average molecular weight is 442 g/mol. The predicted octanol–water partition coefficient (Wildman–Crippen LogP) is 3.16. The van der Waals surface area contributed by atoms with Gasteiger partial charge in [0, 0.05) is 13.0 Å². The van der Waals surface area contributed by atoms with Crippen molar-refractivity contribution in [1.29, 1.82) is 5.41 Å². The molecular formula is C23H35N7O2. The lowest BCUT2D eigenvalue weighted by atomic mass is 9.98. The van der Waals surface area contributed by atoms with Crippen LogP contribution in [0.4, 0.5) is 0 Å². The van der Waals surface area contributed by atoms with Crippen LogP contribution in [0.1, 0.15) is 81.0 Å². The van der Waals surface area contributed by atoms with Crippen LogP contribution in [0.3, 0.4) is 0 Å². The second-order valence-corrected chi connectivity index (χ2v) is 9.01. The second-order valence-electron chi connectivity index (χ2n) is 9.01. The zero-order valence-electron chi connectivity index (χ0n) is 19.1. The monoisotopic (exact) mass is 441 g/mol. The lowest BCUT2D eigenvalue weighted by Crippen LogP contribution is -2.32. The van der Waals surface area contributed by atoms with Crippen molar-refractivity contribution in [3.05, 3.63) is 40.8 Å². The number of hydrogen-bond donors (Lipinski definition) is 3. The summed E-state index contributed by atoms with van der Waals surface area (Å²) >= 11 is 0. The molecule has 0 amide bonds. The number of rotatable bonds is 7. The van der Waals surface area contributed by atoms with E-state index in [-0.39, 0.29) is 18.3 Å². The zero-order chi connectivity index (χ0) is 22.7. The average Bonchev–Trinajstić information content (AvgIpc) is 3.43. The Kier molecular flexibility index (Phi) is 6.83. The summed E-state index contributed by atoms with van der Waals surface area (Å²) in [5, 5.41) is 14.2. The molecule has 32 heavy (non-hydrogen) atoms. The van der Waals surface area contributed by atoms with Crippen LogP contribution in [0, 0.1) is 12.3 Å². The van der Waals surface area contributed by atoms with E-state index in [0.717, 1.165) is 37.1 Å². The van der Waals surface area contributed by atoms with E-state index in [4.69, 9.17) is 26.1 Å². The Morgan fingerprint density at radius 2 is 1.88 bits per heavy atom. The zero-order valence-corrected chi connectivity index (χ0v) is 19.1. The summed E-state index contributed by atoms with van der Waals surface area (Å²) < 4.78 is 13.3. The molecule has 5 N–H and O–H groups in total. The van der Waals surface area contributed by atoms with Gasteiger partial charge in [0.1, 0.15) is 5.75 Å². The highest BCUT2D eigenvalue weighted by atomic mass is 16.5. The van der Waals surface area contributed by atoms with Gasteiger partial charge in [0.15, 0.2) is 0 Å². The van der Waals surface area contributed by atoms with Gasteiger partial charge < -0.3 is 19.9 Å². The highest BCUT2D eigenvalue weighted by molar-refractivity contribution is 5.63. The summed E-state index contributed by atoms with van der Waals surface area (Å²) in [5.74, 6) is 7.83. The maximum Gasteiger partial charge on any atom is 0.312 e. The van der Waals surface area contributed by atoms with E-state index in [1.54, 1.807) is 7.05 Å². The Labute approximate surface area is 188 Å². The molecule has 2 heterocycles. The largest absolute Gasteiger partial charge is 0.489 e. The molecule has 174 valence electrons. The van der Waals surface area contributed by atoms with E-state index in [9.17, 15) is 0 Å². The van der Waals surface area contributed by atoms with E-state index in [2.05, 4.69) is 10.1 Å². The number of ether oxygens (including phenoxy) is 1. The van der Waals surface area contributed by atoms with Crippen molar-refractivity contribution in [2.45, 2.75) is 83.3 Å². The fourth-order valence-electron chi connectivity index (χ4n) is 4.64. The molecule has 2 saturated carbocycles. The van der Waals surface area contributed by atoms with Crippen molar-refractivity contribution in [3.63, 3.8) is 0 Å². The molecule has 2 fully saturated rings. The van der Waals surface area contributed by atoms with Gasteiger partial charge >= 0.3 is 5.68 Å². The van der Waals surface area contributed by atoms with Gasteiger partial charge in [-0.3, -0.25) is 0 Å². The van der Waals surface area contributed by atoms with Crippen molar-refractivity contribution in [2.24, 2.45) is 11.6 Å². The Morgan fingerprint density at radius 1 is 1.19 bits per heavy atom. The molecule has 0 atom stereocenters. The van der Waals surface area contributed by atoms with Gasteiger partial charge in [-0.25, -0.2) is 20.9 Å². The Balaban J connectivity index is 1.55. The highest BCUT2D eigenvalue weighted by Crippen LogP contribution is 2.32. The molecule has 0 radical (unpaired) electrons. The van der Waals surface area contributed by atoms with Gasteiger partial charge in [0.25, 0.3) is 0 Å². The fraction of sp³-hybridized carbons (Fsp3) is 0.609. The minimum atomic E-state index is -0.000537. The summed E-state index contributed by atoms with van der Waals surface area (Å²) in [6.07, 6.45) is 10.6. The third kappa shape index (κ3) is 4.98. The number of pyridine rings is 1. The first-order chi connectivity index (χ1) is 15.4. The first-order valence-electron chi connectivity index (χ1n) is 11.7. The number of nitrogens with one attached hydrogen (secondary N) is 1. The maximum atomic E-state index is 8.20. The van der Waals surface area contributed by atoms with Crippen molar-refractivity contribution in [1.82, 2.24) is 19.8 Å². The van der Waals surface area contributed by atoms with Crippen LogP contribution in [0.15, 0.2) is 22.2 Å². The van der Waals surface area contributed by atoms with Gasteiger partial charge in [-0.05, 0) is 57.6 Å². The topological polar surface area (TPSA) is 132 Å². The highest BCUT2D eigenvalue weighted by Gasteiger charge is 2.24. The number of nitrogens with two attached hydrogens (primary N) is 2. The third-order valence-corrected chi connectivity index (χ3v) is 6.55. The molecule has 0 spiro atoms. The SMILES string of the molecule is Cc1nc(/C(N)=C(\Cn2nc(C3CCCC3)oc2=N)N(C)N)ccc1OC1CCCCC1. The quantitative estimate of drug-likeness (QED) is 0.444. The molecule has 2 aromatic rings. The van der Waals surface area contributed by atoms with Gasteiger partial charge in [0.2, 0.25) is 5.89 Å². The smallest absolute Gasteiger partial charge is 0.312 e. The first kappa shape index (κ1) is 22.4. The minimum absolute atomic E-state index is 0.000537. The number of nitrogens with zero attached hydrogens (tertiary/aromatic N) is 4. The molecule has 2 aliphatic rings. The van der Waals surface area contributed by atoms with Gasteiger partial charge in [-0.1, -0.05) is 19.3 Å². The number of hydrogen-bond acceptors (Lipinski definition) is 8. The molecule has 9 nitrogen and oxygen atoms in total. The summed E-state index contributed by atoms with van der Waals surface area (Å²) in [5.41, 5.74) is 8.97. The summed E-state index contributed by atoms with van der Waals surface area (Å²) in [7, 11) is 1.72. The number of likely N-dealkylation sites (N-methyl/N-ethyl adjacent to an activating group) is 1. The van der Waals surface area contributed by atoms with E-state index < -0.39 is 0 Å². The Hall–Kier alpha value is -2.81. The van der Waals surface area contributed by atoms with Crippen LogP contribution in [-0.2, 0) is 6.54 Å². The van der Waals surface area contributed by atoms with E-state index >= 15 is 0 Å². The van der Waals surface area contributed by atoms with E-state index in [0.29, 0.717) is 28.9 Å². The molecule has 0 aromatic carbocycles. The molecule has 9 heteroatoms. The third-order valence-electron chi connectivity index (χ3n) is 6.55. The Bertz CT molecular complexity index is 1010. The summed E-state index contributed by atoms with van der Waals surface area (Å²) in [4.78, 5) is 4.68. The lowest BCUT2D eigenvalue weighted by Gasteiger charge is -2.24. The normalized spacial score (nSPS) is 18.6. The maximum absolute atomic E-state index is 8.20. The van der Waals surface area contributed by atoms with E-state index in [1.807, 2.05) is 19.1 Å². The van der Waals surface area contributed by atoms with Gasteiger partial charge in [0.05, 0.1) is 35.4 Å². The van der Waals surface area contributed by atoms with Crippen molar-refractivity contribution < 1.29 is 9.15 Å². The summed E-state index contributed by atoms with van der Waals surface area (Å²) in [6.45, 7) is 2.16. The fourth-order valence-corrected chi connectivity index (χ4v) is 4.64. The van der Waals surface area contributed by atoms with Gasteiger partial charge in [-0.15, -0.1) is 5.10 Å². The predicted molar refractivity (Wildman–Crippen MR) is 121 cm³/mol. The number of allylic oxidation sites excluding steroid dienone is 1. The molecular weight excluding hydrogens is 406 g/mol. The number of aryl methyl sites for hydroxylation is 1. The van der Waals surface area contributed by atoms with Crippen molar-refractivity contribution >= 4 is 5.70 Å². The number of aromatic nitrogens is 3. The van der Waals surface area contributed by atoms with Crippen LogP contribution < -0.4 is 22.0 Å². The molecule has 4 rings (SSSR count). The molecule has 0 aliphatic heterocycles. The molecule has 2 aromatic heterocycles. The van der Waals surface area contributed by atoms with Crippen LogP contribution in [0.2, 0.25) is 0 Å². The van der Waals surface area contributed by atoms with E-state index in [1.165, 1.54) is 41.8 Å². The van der Waals surface area contributed by atoms with Gasteiger partial charge in [-0.2, -0.15) is 0 Å². The van der Waals surface area contributed by atoms with Crippen LogP contribution in [0.25, 0.3) is 5.70 Å². The van der Waals surface area contributed by atoms with Crippen molar-refractivity contribution in [3.8, 4) is 5.75 Å².